The number of rotatable bonds is 8. The van der Waals surface area contributed by atoms with Crippen LogP contribution in [0.2, 0.25) is 0 Å². The van der Waals surface area contributed by atoms with Gasteiger partial charge in [-0.3, -0.25) is 4.79 Å². The summed E-state index contributed by atoms with van der Waals surface area (Å²) in [4.78, 5) is 26.0. The van der Waals surface area contributed by atoms with Crippen molar-refractivity contribution in [1.29, 1.82) is 0 Å². The second-order valence-electron chi connectivity index (χ2n) is 7.58. The molecule has 3 aromatic rings. The van der Waals surface area contributed by atoms with Crippen LogP contribution in [0, 0.1) is 0 Å². The lowest BCUT2D eigenvalue weighted by Crippen LogP contribution is -2.49. The van der Waals surface area contributed by atoms with Gasteiger partial charge in [0.15, 0.2) is 11.5 Å². The number of carbonyl (C=O) groups excluding carboxylic acids is 1. The Bertz CT molecular complexity index is 1070. The highest BCUT2D eigenvalue weighted by Gasteiger charge is 2.24. The number of aryl methyl sites for hydroxylation is 1. The zero-order chi connectivity index (χ0) is 23.2. The molecular weight excluding hydrogens is 422 g/mol. The second-order valence-corrected chi connectivity index (χ2v) is 7.58. The van der Waals surface area contributed by atoms with Crippen molar-refractivity contribution in [3.8, 4) is 22.9 Å². The Balaban J connectivity index is 1.38. The molecule has 1 aliphatic heterocycles. The van der Waals surface area contributed by atoms with Crippen LogP contribution in [-0.4, -0.2) is 65.3 Å². The Morgan fingerprint density at radius 3 is 2.39 bits per heavy atom. The van der Waals surface area contributed by atoms with E-state index in [1.54, 1.807) is 24.4 Å². The van der Waals surface area contributed by atoms with E-state index in [9.17, 15) is 4.79 Å². The number of hydrogen-bond donors (Lipinski definition) is 0. The second kappa shape index (κ2) is 10.3. The molecule has 1 saturated heterocycles. The maximum Gasteiger partial charge on any atom is 0.254 e. The topological polar surface area (TPSA) is 93.8 Å². The first-order valence-corrected chi connectivity index (χ1v) is 11.4. The van der Waals surface area contributed by atoms with Gasteiger partial charge >= 0.3 is 0 Å². The number of aromatic nitrogens is 3. The van der Waals surface area contributed by atoms with Gasteiger partial charge in [0.1, 0.15) is 5.82 Å². The summed E-state index contributed by atoms with van der Waals surface area (Å²) in [5.74, 6) is 3.26. The number of piperazine rings is 1. The van der Waals surface area contributed by atoms with Gasteiger partial charge < -0.3 is 23.8 Å². The molecule has 3 heterocycles. The summed E-state index contributed by atoms with van der Waals surface area (Å²) in [6.45, 7) is 9.49. The Morgan fingerprint density at radius 1 is 1.00 bits per heavy atom. The third-order valence-corrected chi connectivity index (χ3v) is 5.46. The molecule has 174 valence electrons. The number of amides is 1. The van der Waals surface area contributed by atoms with Crippen LogP contribution in [0.15, 0.2) is 41.1 Å². The van der Waals surface area contributed by atoms with Gasteiger partial charge in [-0.25, -0.2) is 4.98 Å². The Hall–Kier alpha value is -3.62. The van der Waals surface area contributed by atoms with E-state index in [1.165, 1.54) is 0 Å². The molecule has 0 spiro atoms. The van der Waals surface area contributed by atoms with Crippen LogP contribution in [0.1, 0.15) is 37.0 Å². The summed E-state index contributed by atoms with van der Waals surface area (Å²) in [5, 5.41) is 3.99. The van der Waals surface area contributed by atoms with Gasteiger partial charge in [0.25, 0.3) is 5.91 Å². The zero-order valence-electron chi connectivity index (χ0n) is 19.3. The number of benzene rings is 1. The Morgan fingerprint density at radius 2 is 1.76 bits per heavy atom. The average molecular weight is 452 g/mol. The van der Waals surface area contributed by atoms with Crippen LogP contribution < -0.4 is 14.4 Å². The summed E-state index contributed by atoms with van der Waals surface area (Å²) in [5.41, 5.74) is 1.42. The lowest BCUT2D eigenvalue weighted by Gasteiger charge is -2.35. The van der Waals surface area contributed by atoms with Crippen molar-refractivity contribution in [2.75, 3.05) is 44.3 Å². The van der Waals surface area contributed by atoms with E-state index in [0.29, 0.717) is 74.6 Å². The van der Waals surface area contributed by atoms with Gasteiger partial charge in [-0.2, -0.15) is 4.98 Å². The minimum atomic E-state index is -0.00852. The van der Waals surface area contributed by atoms with Crippen molar-refractivity contribution in [3.05, 3.63) is 48.0 Å². The first kappa shape index (κ1) is 22.6. The van der Waals surface area contributed by atoms with Gasteiger partial charge in [-0.05, 0) is 44.2 Å². The first-order chi connectivity index (χ1) is 16.1. The summed E-state index contributed by atoms with van der Waals surface area (Å²) < 4.78 is 16.4. The fourth-order valence-corrected chi connectivity index (χ4v) is 3.73. The molecule has 9 heteroatoms. The predicted molar refractivity (Wildman–Crippen MR) is 124 cm³/mol. The summed E-state index contributed by atoms with van der Waals surface area (Å²) in [7, 11) is 0. The molecule has 4 rings (SSSR count). The minimum absolute atomic E-state index is 0.00852. The minimum Gasteiger partial charge on any atom is -0.490 e. The first-order valence-electron chi connectivity index (χ1n) is 11.4. The van der Waals surface area contributed by atoms with Gasteiger partial charge in [0, 0.05) is 49.9 Å². The standard InChI is InChI=1S/C24H29N5O4/c1-4-22-26-23(27-33-22)18-8-10-21(25-16-18)28-11-13-29(14-12-28)24(30)17-7-9-19(31-5-2)20(15-17)32-6-3/h7-10,15-16H,4-6,11-14H2,1-3H3. The molecule has 2 aromatic heterocycles. The number of anilines is 1. The molecule has 1 amide bonds. The van der Waals surface area contributed by atoms with E-state index in [0.717, 1.165) is 11.4 Å². The molecule has 9 nitrogen and oxygen atoms in total. The van der Waals surface area contributed by atoms with Gasteiger partial charge in [0.2, 0.25) is 11.7 Å². The summed E-state index contributed by atoms with van der Waals surface area (Å²) in [6, 6.07) is 9.27. The molecular formula is C24H29N5O4. The maximum absolute atomic E-state index is 13.1. The third kappa shape index (κ3) is 5.08. The van der Waals surface area contributed by atoms with Crippen molar-refractivity contribution < 1.29 is 18.8 Å². The largest absolute Gasteiger partial charge is 0.490 e. The molecule has 33 heavy (non-hydrogen) atoms. The monoisotopic (exact) mass is 451 g/mol. The molecule has 1 aliphatic rings. The van der Waals surface area contributed by atoms with Crippen molar-refractivity contribution in [3.63, 3.8) is 0 Å². The number of hydrogen-bond acceptors (Lipinski definition) is 8. The van der Waals surface area contributed by atoms with Crippen LogP contribution in [0.3, 0.4) is 0 Å². The molecule has 0 unspecified atom stereocenters. The quantitative estimate of drug-likeness (QED) is 0.514. The highest BCUT2D eigenvalue weighted by Crippen LogP contribution is 2.29. The molecule has 0 N–H and O–H groups in total. The molecule has 0 saturated carbocycles. The smallest absolute Gasteiger partial charge is 0.254 e. The molecule has 1 aromatic carbocycles. The number of pyridine rings is 1. The SMILES string of the molecule is CCOc1ccc(C(=O)N2CCN(c3ccc(-c4noc(CC)n4)cn3)CC2)cc1OCC. The van der Waals surface area contributed by atoms with Crippen LogP contribution >= 0.6 is 0 Å². The fraction of sp³-hybridized carbons (Fsp3) is 0.417. The third-order valence-electron chi connectivity index (χ3n) is 5.46. The number of carbonyl (C=O) groups is 1. The highest BCUT2D eigenvalue weighted by atomic mass is 16.5. The van der Waals surface area contributed by atoms with Gasteiger partial charge in [0.05, 0.1) is 13.2 Å². The molecule has 0 aliphatic carbocycles. The van der Waals surface area contributed by atoms with Crippen LogP contribution in [0.4, 0.5) is 5.82 Å². The van der Waals surface area contributed by atoms with E-state index in [2.05, 4.69) is 20.0 Å². The molecule has 0 atom stereocenters. The molecule has 0 bridgehead atoms. The summed E-state index contributed by atoms with van der Waals surface area (Å²) in [6.07, 6.45) is 2.46. The summed E-state index contributed by atoms with van der Waals surface area (Å²) >= 11 is 0. The predicted octanol–water partition coefficient (Wildman–Crippen LogP) is 3.45. The molecule has 1 fully saturated rings. The van der Waals surface area contributed by atoms with Crippen molar-refractivity contribution in [2.24, 2.45) is 0 Å². The van der Waals surface area contributed by atoms with Crippen LogP contribution in [0.5, 0.6) is 11.5 Å². The van der Waals surface area contributed by atoms with Crippen LogP contribution in [0.25, 0.3) is 11.4 Å². The molecule has 0 radical (unpaired) electrons. The lowest BCUT2D eigenvalue weighted by atomic mass is 10.1. The van der Waals surface area contributed by atoms with E-state index >= 15 is 0 Å². The van der Waals surface area contributed by atoms with Gasteiger partial charge in [-0.15, -0.1) is 0 Å². The Kier molecular flexibility index (Phi) is 7.07. The number of ether oxygens (including phenoxy) is 2. The lowest BCUT2D eigenvalue weighted by molar-refractivity contribution is 0.0746. The van der Waals surface area contributed by atoms with Gasteiger partial charge in [-0.1, -0.05) is 12.1 Å². The highest BCUT2D eigenvalue weighted by molar-refractivity contribution is 5.95. The Labute approximate surface area is 193 Å². The van der Waals surface area contributed by atoms with Crippen molar-refractivity contribution in [1.82, 2.24) is 20.0 Å². The van der Waals surface area contributed by atoms with E-state index in [-0.39, 0.29) is 5.91 Å². The van der Waals surface area contributed by atoms with Crippen molar-refractivity contribution in [2.45, 2.75) is 27.2 Å². The maximum atomic E-state index is 13.1. The average Bonchev–Trinajstić information content (AvgIpc) is 3.35. The van der Waals surface area contributed by atoms with E-state index in [4.69, 9.17) is 14.0 Å². The van der Waals surface area contributed by atoms with E-state index < -0.39 is 0 Å². The number of nitrogens with zero attached hydrogens (tertiary/aromatic N) is 5. The zero-order valence-corrected chi connectivity index (χ0v) is 19.3. The normalized spacial score (nSPS) is 13.8. The van der Waals surface area contributed by atoms with E-state index in [1.807, 2.05) is 37.8 Å². The van der Waals surface area contributed by atoms with Crippen LogP contribution in [-0.2, 0) is 6.42 Å². The fourth-order valence-electron chi connectivity index (χ4n) is 3.73. The van der Waals surface area contributed by atoms with Crippen molar-refractivity contribution >= 4 is 11.7 Å².